The zero-order chi connectivity index (χ0) is 19.0. The third-order valence-electron chi connectivity index (χ3n) is 6.43. The zero-order valence-electron chi connectivity index (χ0n) is 15.4. The predicted octanol–water partition coefficient (Wildman–Crippen LogP) is 1.18. The van der Waals surface area contributed by atoms with Gasteiger partial charge in [-0.2, -0.15) is 0 Å². The minimum atomic E-state index is -0.715. The van der Waals surface area contributed by atoms with Gasteiger partial charge in [0.05, 0.1) is 11.8 Å². The summed E-state index contributed by atoms with van der Waals surface area (Å²) in [6.07, 6.45) is 11.4. The molecule has 0 aromatic rings. The Kier molecular flexibility index (Phi) is 5.02. The van der Waals surface area contributed by atoms with E-state index in [1.807, 2.05) is 12.2 Å². The van der Waals surface area contributed by atoms with Crippen molar-refractivity contribution < 1.29 is 23.9 Å². The van der Waals surface area contributed by atoms with Gasteiger partial charge in [0, 0.05) is 6.04 Å². The molecule has 27 heavy (non-hydrogen) atoms. The molecule has 2 saturated carbocycles. The lowest BCUT2D eigenvalue weighted by atomic mass is 9.85. The van der Waals surface area contributed by atoms with Gasteiger partial charge in [0.15, 0.2) is 6.61 Å². The van der Waals surface area contributed by atoms with Gasteiger partial charge in [0.2, 0.25) is 11.8 Å². The van der Waals surface area contributed by atoms with Crippen LogP contribution in [0.25, 0.3) is 0 Å². The fraction of sp³-hybridized carbons (Fsp3) is 0.700. The van der Waals surface area contributed by atoms with Crippen LogP contribution in [0.2, 0.25) is 0 Å². The molecule has 0 unspecified atom stereocenters. The van der Waals surface area contributed by atoms with E-state index >= 15 is 0 Å². The van der Waals surface area contributed by atoms with Crippen LogP contribution in [-0.4, -0.2) is 47.8 Å². The van der Waals surface area contributed by atoms with Crippen LogP contribution in [0, 0.1) is 23.7 Å². The Morgan fingerprint density at radius 1 is 1.00 bits per heavy atom. The molecule has 1 N–H and O–H groups in total. The lowest BCUT2D eigenvalue weighted by molar-refractivity contribution is -0.155. The van der Waals surface area contributed by atoms with Crippen molar-refractivity contribution in [1.29, 1.82) is 0 Å². The van der Waals surface area contributed by atoms with Crippen molar-refractivity contribution in [2.75, 3.05) is 13.2 Å². The second-order valence-corrected chi connectivity index (χ2v) is 8.18. The number of fused-ring (bicyclic) bond motifs is 5. The minimum absolute atomic E-state index is 0.114. The third kappa shape index (κ3) is 3.51. The second kappa shape index (κ2) is 7.44. The molecule has 3 fully saturated rings. The summed E-state index contributed by atoms with van der Waals surface area (Å²) >= 11 is 0. The number of nitrogens with one attached hydrogen (secondary N) is 1. The normalized spacial score (nSPS) is 32.5. The maximum absolute atomic E-state index is 12.5. The van der Waals surface area contributed by atoms with E-state index in [-0.39, 0.29) is 54.0 Å². The highest BCUT2D eigenvalue weighted by atomic mass is 16.5. The third-order valence-corrected chi connectivity index (χ3v) is 6.43. The molecule has 146 valence electrons. The van der Waals surface area contributed by atoms with Crippen LogP contribution >= 0.6 is 0 Å². The number of carbonyl (C=O) groups is 4. The average Bonchev–Trinajstić information content (AvgIpc) is 3.25. The van der Waals surface area contributed by atoms with E-state index in [2.05, 4.69) is 5.32 Å². The van der Waals surface area contributed by atoms with Crippen LogP contribution in [-0.2, 0) is 23.9 Å². The van der Waals surface area contributed by atoms with Crippen molar-refractivity contribution in [3.05, 3.63) is 12.2 Å². The Morgan fingerprint density at radius 2 is 1.59 bits per heavy atom. The van der Waals surface area contributed by atoms with Gasteiger partial charge in [-0.1, -0.05) is 37.8 Å². The van der Waals surface area contributed by atoms with E-state index in [0.29, 0.717) is 0 Å². The SMILES string of the molecule is O=C(COC(=O)CN1C(=O)[C@@H]2[C@H](C1=O)[C@H]1C=C[C@H]2C1)NC1CCCCCC1. The highest BCUT2D eigenvalue weighted by Crippen LogP contribution is 2.52. The number of imide groups is 1. The number of carbonyl (C=O) groups excluding carboxylic acids is 4. The van der Waals surface area contributed by atoms with E-state index in [4.69, 9.17) is 4.74 Å². The maximum atomic E-state index is 12.5. The molecule has 3 amide bonds. The van der Waals surface area contributed by atoms with Gasteiger partial charge in [-0.15, -0.1) is 0 Å². The van der Waals surface area contributed by atoms with Crippen LogP contribution in [0.5, 0.6) is 0 Å². The summed E-state index contributed by atoms with van der Waals surface area (Å²) in [5, 5.41) is 2.91. The molecule has 3 aliphatic carbocycles. The van der Waals surface area contributed by atoms with Crippen LogP contribution in [0.15, 0.2) is 12.2 Å². The van der Waals surface area contributed by atoms with E-state index < -0.39 is 12.5 Å². The number of amides is 3. The van der Waals surface area contributed by atoms with Crippen LogP contribution in [0.1, 0.15) is 44.9 Å². The van der Waals surface area contributed by atoms with Crippen molar-refractivity contribution in [2.24, 2.45) is 23.7 Å². The van der Waals surface area contributed by atoms with Gasteiger partial charge in [0.25, 0.3) is 5.91 Å². The van der Waals surface area contributed by atoms with E-state index in [9.17, 15) is 19.2 Å². The number of hydrogen-bond donors (Lipinski definition) is 1. The topological polar surface area (TPSA) is 92.8 Å². The lowest BCUT2D eigenvalue weighted by Gasteiger charge is -2.18. The molecule has 0 aromatic carbocycles. The number of ether oxygens (including phenoxy) is 1. The fourth-order valence-electron chi connectivity index (χ4n) is 5.13. The molecule has 4 rings (SSSR count). The number of hydrogen-bond acceptors (Lipinski definition) is 5. The first-order valence-electron chi connectivity index (χ1n) is 10.0. The lowest BCUT2D eigenvalue weighted by Crippen LogP contribution is -2.40. The largest absolute Gasteiger partial charge is 0.454 e. The maximum Gasteiger partial charge on any atom is 0.326 e. The van der Waals surface area contributed by atoms with Crippen LogP contribution < -0.4 is 5.32 Å². The average molecular weight is 374 g/mol. The summed E-state index contributed by atoms with van der Waals surface area (Å²) in [5.41, 5.74) is 0. The summed E-state index contributed by atoms with van der Waals surface area (Å²) in [7, 11) is 0. The highest BCUT2D eigenvalue weighted by molar-refractivity contribution is 6.08. The molecule has 1 aliphatic heterocycles. The number of rotatable bonds is 5. The standard InChI is InChI=1S/C20H26N2O5/c23-15(21-14-5-3-1-2-4-6-14)11-27-16(24)10-22-19(25)17-12-7-8-13(9-12)18(17)20(22)26/h7-8,12-14,17-18H,1-6,9-11H2,(H,21,23)/t12-,13-,17-,18+/m0/s1. The first kappa shape index (κ1) is 18.2. The quantitative estimate of drug-likeness (QED) is 0.338. The fourth-order valence-corrected chi connectivity index (χ4v) is 5.13. The van der Waals surface area contributed by atoms with E-state index in [0.717, 1.165) is 37.0 Å². The minimum Gasteiger partial charge on any atom is -0.454 e. The molecular formula is C20H26N2O5. The van der Waals surface area contributed by atoms with Gasteiger partial charge < -0.3 is 10.1 Å². The summed E-state index contributed by atoms with van der Waals surface area (Å²) in [6.45, 7) is -0.772. The van der Waals surface area contributed by atoms with Gasteiger partial charge >= 0.3 is 5.97 Å². The van der Waals surface area contributed by atoms with Crippen molar-refractivity contribution >= 4 is 23.7 Å². The number of likely N-dealkylation sites (tertiary alicyclic amines) is 1. The molecule has 0 radical (unpaired) electrons. The Morgan fingerprint density at radius 3 is 2.19 bits per heavy atom. The summed E-state index contributed by atoms with van der Waals surface area (Å²) in [5.74, 6) is -2.01. The summed E-state index contributed by atoms with van der Waals surface area (Å²) in [6, 6.07) is 0.141. The summed E-state index contributed by atoms with van der Waals surface area (Å²) < 4.78 is 5.01. The van der Waals surface area contributed by atoms with Gasteiger partial charge in [-0.3, -0.25) is 24.1 Å². The van der Waals surface area contributed by atoms with Crippen molar-refractivity contribution in [3.63, 3.8) is 0 Å². The Labute approximate surface area is 158 Å². The van der Waals surface area contributed by atoms with Gasteiger partial charge in [0.1, 0.15) is 6.54 Å². The Bertz CT molecular complexity index is 650. The number of esters is 1. The van der Waals surface area contributed by atoms with Crippen LogP contribution in [0.3, 0.4) is 0 Å². The van der Waals surface area contributed by atoms with Crippen LogP contribution in [0.4, 0.5) is 0 Å². The highest BCUT2D eigenvalue weighted by Gasteiger charge is 2.59. The van der Waals surface area contributed by atoms with Crippen molar-refractivity contribution in [1.82, 2.24) is 10.2 Å². The smallest absolute Gasteiger partial charge is 0.326 e. The van der Waals surface area contributed by atoms with E-state index in [1.165, 1.54) is 12.8 Å². The molecule has 7 heteroatoms. The molecule has 1 saturated heterocycles. The van der Waals surface area contributed by atoms with Crippen molar-refractivity contribution in [3.8, 4) is 0 Å². The Balaban J connectivity index is 1.24. The second-order valence-electron chi connectivity index (χ2n) is 8.18. The number of nitrogens with zero attached hydrogens (tertiary/aromatic N) is 1. The first-order valence-corrected chi connectivity index (χ1v) is 10.0. The predicted molar refractivity (Wildman–Crippen MR) is 95.0 cm³/mol. The molecule has 0 aromatic heterocycles. The molecule has 7 nitrogen and oxygen atoms in total. The van der Waals surface area contributed by atoms with Gasteiger partial charge in [-0.05, 0) is 31.1 Å². The molecule has 1 heterocycles. The van der Waals surface area contributed by atoms with Crippen molar-refractivity contribution in [2.45, 2.75) is 51.0 Å². The molecule has 4 atom stereocenters. The summed E-state index contributed by atoms with van der Waals surface area (Å²) in [4.78, 5) is 50.2. The monoisotopic (exact) mass is 374 g/mol. The number of allylic oxidation sites excluding steroid dienone is 2. The zero-order valence-corrected chi connectivity index (χ0v) is 15.4. The molecular weight excluding hydrogens is 348 g/mol. The Hall–Kier alpha value is -2.18. The van der Waals surface area contributed by atoms with E-state index in [1.54, 1.807) is 0 Å². The first-order chi connectivity index (χ1) is 13.0. The molecule has 0 spiro atoms. The molecule has 4 aliphatic rings. The molecule has 2 bridgehead atoms. The van der Waals surface area contributed by atoms with Gasteiger partial charge in [-0.25, -0.2) is 0 Å².